The molecule has 0 spiro atoms. The van der Waals surface area contributed by atoms with Crippen LogP contribution >= 0.6 is 0 Å². The average molecular weight is 539 g/mol. The van der Waals surface area contributed by atoms with E-state index in [0.29, 0.717) is 23.4 Å². The number of hydrogen-bond donors (Lipinski definition) is 2. The highest BCUT2D eigenvalue weighted by Gasteiger charge is 2.37. The lowest BCUT2D eigenvalue weighted by Gasteiger charge is -2.32. The molecule has 0 bridgehead atoms. The van der Waals surface area contributed by atoms with E-state index in [0.717, 1.165) is 43.9 Å². The number of carbonyl (C=O) groups excluding carboxylic acids is 2. The summed E-state index contributed by atoms with van der Waals surface area (Å²) in [5.74, 6) is -2.15. The molecule has 0 aliphatic heterocycles. The predicted octanol–water partition coefficient (Wildman–Crippen LogP) is 3.67. The van der Waals surface area contributed by atoms with Gasteiger partial charge in [-0.1, -0.05) is 31.7 Å². The topological polar surface area (TPSA) is 122 Å². The van der Waals surface area contributed by atoms with Gasteiger partial charge < -0.3 is 14.6 Å². The highest BCUT2D eigenvalue weighted by Crippen LogP contribution is 2.29. The molecule has 1 aromatic rings. The summed E-state index contributed by atoms with van der Waals surface area (Å²) in [5.41, 5.74) is -0.967. The van der Waals surface area contributed by atoms with Gasteiger partial charge >= 0.3 is 12.3 Å². The molecule has 0 saturated heterocycles. The van der Waals surface area contributed by atoms with E-state index >= 15 is 0 Å². The summed E-state index contributed by atoms with van der Waals surface area (Å²) in [5, 5.41) is 10.1. The Morgan fingerprint density at radius 2 is 1.83 bits per heavy atom. The molecule has 1 fully saturated rings. The van der Waals surface area contributed by atoms with Gasteiger partial charge in [0, 0.05) is 25.5 Å². The fourth-order valence-electron chi connectivity index (χ4n) is 3.90. The summed E-state index contributed by atoms with van der Waals surface area (Å²) in [6.07, 6.45) is -1.01. The van der Waals surface area contributed by atoms with Crippen molar-refractivity contribution >= 4 is 21.9 Å². The molecule has 1 aliphatic rings. The smallest absolute Gasteiger partial charge is 0.458 e. The maximum absolute atomic E-state index is 13.2. The standard InChI is InChI=1S/C23H33F3N2O7S/c1-22(2,3)35-21(31)19(13-14-29)28(20(30)12-11-16-7-4-5-8-16)27-36(32,33)18-10-6-9-17(15-18)34-23(24,25)26/h6,9-10,15-16,19,27,29H,4-5,7-8,11-14H2,1-3H3. The molecule has 1 saturated carbocycles. The van der Waals surface area contributed by atoms with Crippen LogP contribution in [0.4, 0.5) is 13.2 Å². The fourth-order valence-corrected chi connectivity index (χ4v) is 5.02. The zero-order valence-electron chi connectivity index (χ0n) is 20.5. The first kappa shape index (κ1) is 29.8. The van der Waals surface area contributed by atoms with Crippen LogP contribution in [0.5, 0.6) is 5.75 Å². The molecule has 1 unspecified atom stereocenters. The summed E-state index contributed by atoms with van der Waals surface area (Å²) >= 11 is 0. The van der Waals surface area contributed by atoms with Gasteiger partial charge in [0.05, 0.1) is 4.90 Å². The molecule has 13 heteroatoms. The molecule has 1 aliphatic carbocycles. The molecule has 2 rings (SSSR count). The number of nitrogens with zero attached hydrogens (tertiary/aromatic N) is 1. The van der Waals surface area contributed by atoms with Crippen molar-refractivity contribution in [2.75, 3.05) is 6.61 Å². The lowest BCUT2D eigenvalue weighted by molar-refractivity contribution is -0.274. The van der Waals surface area contributed by atoms with Crippen LogP contribution in [0.15, 0.2) is 29.2 Å². The summed E-state index contributed by atoms with van der Waals surface area (Å²) in [7, 11) is -4.64. The average Bonchev–Trinajstić information content (AvgIpc) is 3.26. The van der Waals surface area contributed by atoms with Gasteiger partial charge in [0.2, 0.25) is 5.91 Å². The number of aliphatic hydroxyl groups excluding tert-OH is 1. The molecule has 36 heavy (non-hydrogen) atoms. The van der Waals surface area contributed by atoms with Gasteiger partial charge in [-0.15, -0.1) is 18.0 Å². The number of aliphatic hydroxyl groups is 1. The van der Waals surface area contributed by atoms with E-state index in [1.807, 2.05) is 4.83 Å². The quantitative estimate of drug-likeness (QED) is 0.326. The molecular weight excluding hydrogens is 505 g/mol. The Hall–Kier alpha value is -2.38. The molecule has 0 heterocycles. The second kappa shape index (κ2) is 12.2. The van der Waals surface area contributed by atoms with Crippen molar-refractivity contribution < 1.29 is 45.8 Å². The Morgan fingerprint density at radius 3 is 2.39 bits per heavy atom. The second-order valence-electron chi connectivity index (χ2n) is 9.63. The number of amides is 1. The van der Waals surface area contributed by atoms with E-state index in [4.69, 9.17) is 4.74 Å². The Kier molecular flexibility index (Phi) is 10.1. The number of sulfonamides is 1. The number of benzene rings is 1. The molecule has 1 aromatic carbocycles. The molecule has 1 atom stereocenters. The van der Waals surface area contributed by atoms with Crippen molar-refractivity contribution in [1.82, 2.24) is 9.84 Å². The van der Waals surface area contributed by atoms with Crippen molar-refractivity contribution in [3.63, 3.8) is 0 Å². The summed E-state index contributed by atoms with van der Waals surface area (Å²) in [4.78, 5) is 27.5. The molecule has 9 nitrogen and oxygen atoms in total. The van der Waals surface area contributed by atoms with E-state index < -0.39 is 57.2 Å². The van der Waals surface area contributed by atoms with Crippen molar-refractivity contribution in [2.24, 2.45) is 5.92 Å². The van der Waals surface area contributed by atoms with Gasteiger partial charge in [0.1, 0.15) is 17.4 Å². The van der Waals surface area contributed by atoms with E-state index in [2.05, 4.69) is 4.74 Å². The number of hydrazine groups is 1. The number of esters is 1. The molecule has 0 radical (unpaired) electrons. The minimum Gasteiger partial charge on any atom is -0.458 e. The summed E-state index contributed by atoms with van der Waals surface area (Å²) in [6, 6.07) is 2.12. The maximum Gasteiger partial charge on any atom is 0.573 e. The zero-order chi connectivity index (χ0) is 27.1. The number of carbonyl (C=O) groups is 2. The van der Waals surface area contributed by atoms with E-state index in [1.165, 1.54) is 0 Å². The van der Waals surface area contributed by atoms with Crippen LogP contribution in [-0.2, 0) is 24.3 Å². The van der Waals surface area contributed by atoms with Crippen LogP contribution in [0.25, 0.3) is 0 Å². The molecule has 2 N–H and O–H groups in total. The fraction of sp³-hybridized carbons (Fsp3) is 0.652. The van der Waals surface area contributed by atoms with Gasteiger partial charge in [-0.05, 0) is 45.2 Å². The van der Waals surface area contributed by atoms with Gasteiger partial charge in [-0.25, -0.2) is 18.2 Å². The number of nitrogens with one attached hydrogen (secondary N) is 1. The lowest BCUT2D eigenvalue weighted by atomic mass is 10.0. The van der Waals surface area contributed by atoms with Crippen LogP contribution in [0.2, 0.25) is 0 Å². The third kappa shape index (κ3) is 9.58. The number of halogens is 3. The van der Waals surface area contributed by atoms with Crippen LogP contribution in [-0.4, -0.2) is 55.0 Å². The zero-order valence-corrected chi connectivity index (χ0v) is 21.3. The minimum atomic E-state index is -5.04. The van der Waals surface area contributed by atoms with Gasteiger partial charge in [-0.2, -0.15) is 0 Å². The third-order valence-corrected chi connectivity index (χ3v) is 6.78. The van der Waals surface area contributed by atoms with Crippen molar-refractivity contribution in [3.05, 3.63) is 24.3 Å². The van der Waals surface area contributed by atoms with Crippen LogP contribution in [0.1, 0.15) is 65.7 Å². The Labute approximate surface area is 209 Å². The number of rotatable bonds is 11. The Balaban J connectivity index is 2.36. The van der Waals surface area contributed by atoms with Crippen molar-refractivity contribution in [1.29, 1.82) is 0 Å². The van der Waals surface area contributed by atoms with Gasteiger partial charge in [-0.3, -0.25) is 4.79 Å². The molecule has 204 valence electrons. The normalized spacial score (nSPS) is 16.0. The first-order valence-electron chi connectivity index (χ1n) is 11.7. The van der Waals surface area contributed by atoms with Gasteiger partial charge in [0.25, 0.3) is 10.0 Å². The number of hydrogen-bond acceptors (Lipinski definition) is 7. The van der Waals surface area contributed by atoms with E-state index in [-0.39, 0.29) is 12.8 Å². The third-order valence-electron chi connectivity index (χ3n) is 5.47. The molecular formula is C23H33F3N2O7S. The SMILES string of the molecule is CC(C)(C)OC(=O)C(CCO)N(NS(=O)(=O)c1cccc(OC(F)(F)F)c1)C(=O)CCC1CCCC1. The largest absolute Gasteiger partial charge is 0.573 e. The molecule has 0 aromatic heterocycles. The van der Waals surface area contributed by atoms with Crippen LogP contribution in [0, 0.1) is 5.92 Å². The Bertz CT molecular complexity index is 1000. The van der Waals surface area contributed by atoms with Crippen LogP contribution in [0.3, 0.4) is 0 Å². The Morgan fingerprint density at radius 1 is 1.19 bits per heavy atom. The molecule has 1 amide bonds. The van der Waals surface area contributed by atoms with Crippen molar-refractivity contribution in [3.8, 4) is 5.75 Å². The number of ether oxygens (including phenoxy) is 2. The first-order chi connectivity index (χ1) is 16.6. The van der Waals surface area contributed by atoms with Crippen molar-refractivity contribution in [2.45, 2.75) is 88.6 Å². The van der Waals surface area contributed by atoms with E-state index in [9.17, 15) is 36.3 Å². The minimum absolute atomic E-state index is 0.0743. The number of alkyl halides is 3. The monoisotopic (exact) mass is 538 g/mol. The van der Waals surface area contributed by atoms with Crippen LogP contribution < -0.4 is 9.57 Å². The summed E-state index contributed by atoms with van der Waals surface area (Å²) in [6.45, 7) is 4.20. The van der Waals surface area contributed by atoms with Gasteiger partial charge in [0.15, 0.2) is 0 Å². The second-order valence-corrected chi connectivity index (χ2v) is 11.3. The van der Waals surface area contributed by atoms with E-state index in [1.54, 1.807) is 20.8 Å². The maximum atomic E-state index is 13.2. The lowest BCUT2D eigenvalue weighted by Crippen LogP contribution is -2.56. The first-order valence-corrected chi connectivity index (χ1v) is 13.1. The highest BCUT2D eigenvalue weighted by atomic mass is 32.2. The summed E-state index contributed by atoms with van der Waals surface area (Å²) < 4.78 is 73.1. The predicted molar refractivity (Wildman–Crippen MR) is 123 cm³/mol. The highest BCUT2D eigenvalue weighted by molar-refractivity contribution is 7.89.